The van der Waals surface area contributed by atoms with Crippen molar-refractivity contribution in [3.8, 4) is 11.5 Å². The number of methoxy groups -OCH3 is 2. The monoisotopic (exact) mass is 546 g/mol. The summed E-state index contributed by atoms with van der Waals surface area (Å²) >= 11 is 5.46. The predicted molar refractivity (Wildman–Crippen MR) is 137 cm³/mol. The summed E-state index contributed by atoms with van der Waals surface area (Å²) in [6, 6.07) is 7.31. The summed E-state index contributed by atoms with van der Waals surface area (Å²) in [5, 5.41) is 14.4. The second kappa shape index (κ2) is 11.0. The standard InChI is InChI=1S/C19H21N3O6.C7H7ClFN/c1-9(23)18-11-6-15(27-2)16(28-3)7-13(11)21(20-18)8-17(24)22-12-4-10(12)5-14(22)19(25)26;8-6-3-1-2-5(4-10)7(6)9/h6-7,10,12,14H,4-5,8H2,1-3H3,(H,25,26);1-3H,4,10H2/t10-,12-,14+;/m1./s1. The van der Waals surface area contributed by atoms with Gasteiger partial charge in [-0.15, -0.1) is 0 Å². The number of amides is 1. The topological polar surface area (TPSA) is 137 Å². The zero-order valence-corrected chi connectivity index (χ0v) is 21.9. The second-order valence-corrected chi connectivity index (χ2v) is 9.56. The molecule has 3 aromatic rings. The molecule has 0 radical (unpaired) electrons. The number of benzene rings is 2. The Balaban J connectivity index is 0.000000283. The van der Waals surface area contributed by atoms with E-state index in [-0.39, 0.29) is 47.5 Å². The number of rotatable bonds is 7. The molecule has 1 aliphatic carbocycles. The van der Waals surface area contributed by atoms with Gasteiger partial charge >= 0.3 is 5.97 Å². The molecule has 2 aliphatic rings. The minimum atomic E-state index is -0.985. The fourth-order valence-corrected chi connectivity index (χ4v) is 5.03. The molecular formula is C26H28ClFN4O6. The van der Waals surface area contributed by atoms with E-state index < -0.39 is 17.8 Å². The van der Waals surface area contributed by atoms with Crippen molar-refractivity contribution in [1.82, 2.24) is 14.7 Å². The van der Waals surface area contributed by atoms with Crippen molar-refractivity contribution >= 4 is 40.2 Å². The van der Waals surface area contributed by atoms with Gasteiger partial charge in [-0.1, -0.05) is 23.7 Å². The van der Waals surface area contributed by atoms with Crippen LogP contribution in [0.15, 0.2) is 30.3 Å². The van der Waals surface area contributed by atoms with E-state index in [9.17, 15) is 23.9 Å². The quantitative estimate of drug-likeness (QED) is 0.431. The summed E-state index contributed by atoms with van der Waals surface area (Å²) < 4.78 is 24.8. The average Bonchev–Trinajstić information content (AvgIpc) is 3.41. The lowest BCUT2D eigenvalue weighted by molar-refractivity contribution is -0.149. The number of fused-ring (bicyclic) bond motifs is 2. The second-order valence-electron chi connectivity index (χ2n) is 9.16. The van der Waals surface area contributed by atoms with Crippen LogP contribution in [0.25, 0.3) is 10.9 Å². The van der Waals surface area contributed by atoms with Gasteiger partial charge in [-0.2, -0.15) is 5.10 Å². The number of hydrogen-bond acceptors (Lipinski definition) is 7. The van der Waals surface area contributed by atoms with Gasteiger partial charge < -0.3 is 25.2 Å². The van der Waals surface area contributed by atoms with Crippen LogP contribution in [-0.2, 0) is 22.7 Å². The van der Waals surface area contributed by atoms with Crippen molar-refractivity contribution in [3.05, 3.63) is 52.4 Å². The minimum Gasteiger partial charge on any atom is -0.493 e. The summed E-state index contributed by atoms with van der Waals surface area (Å²) in [6.07, 6.45) is 1.34. The molecule has 1 amide bonds. The number of aromatic nitrogens is 2. The number of piperidine rings is 1. The van der Waals surface area contributed by atoms with Crippen molar-refractivity contribution in [2.45, 2.75) is 44.9 Å². The average molecular weight is 547 g/mol. The smallest absolute Gasteiger partial charge is 0.326 e. The fraction of sp³-hybridized carbons (Fsp3) is 0.385. The number of likely N-dealkylation sites (tertiary alicyclic amines) is 1. The highest BCUT2D eigenvalue weighted by molar-refractivity contribution is 6.30. The highest BCUT2D eigenvalue weighted by atomic mass is 35.5. The molecule has 0 bridgehead atoms. The molecule has 5 rings (SSSR count). The third-order valence-electron chi connectivity index (χ3n) is 6.80. The summed E-state index contributed by atoms with van der Waals surface area (Å²) in [6.45, 7) is 1.44. The highest BCUT2D eigenvalue weighted by Gasteiger charge is 2.56. The van der Waals surface area contributed by atoms with Crippen molar-refractivity contribution in [3.63, 3.8) is 0 Å². The first-order valence-corrected chi connectivity index (χ1v) is 12.3. The Hall–Kier alpha value is -3.70. The van der Waals surface area contributed by atoms with Crippen molar-refractivity contribution in [1.29, 1.82) is 0 Å². The minimum absolute atomic E-state index is 0.00247. The lowest BCUT2D eigenvalue weighted by atomic mass is 10.1. The lowest BCUT2D eigenvalue weighted by Gasteiger charge is -2.24. The molecule has 3 N–H and O–H groups in total. The molecule has 202 valence electrons. The molecular weight excluding hydrogens is 519 g/mol. The third kappa shape index (κ3) is 5.16. The number of ketones is 1. The third-order valence-corrected chi connectivity index (χ3v) is 7.10. The van der Waals surface area contributed by atoms with Crippen LogP contribution in [0.3, 0.4) is 0 Å². The first-order chi connectivity index (χ1) is 18.1. The number of Topliss-reactive ketones (excluding diaryl/α,β-unsaturated/α-hetero) is 1. The van der Waals surface area contributed by atoms with Crippen molar-refractivity contribution in [2.24, 2.45) is 11.7 Å². The van der Waals surface area contributed by atoms with Gasteiger partial charge in [0.2, 0.25) is 5.91 Å². The molecule has 12 heteroatoms. The maximum absolute atomic E-state index is 12.9. The first-order valence-electron chi connectivity index (χ1n) is 11.9. The Bertz CT molecular complexity index is 1410. The Morgan fingerprint density at radius 1 is 1.18 bits per heavy atom. The van der Waals surface area contributed by atoms with Crippen LogP contribution in [-0.4, -0.2) is 63.7 Å². The van der Waals surface area contributed by atoms with Gasteiger partial charge in [-0.05, 0) is 30.9 Å². The number of carboxylic acid groups (broad SMARTS) is 1. The largest absolute Gasteiger partial charge is 0.493 e. The predicted octanol–water partition coefficient (Wildman–Crippen LogP) is 3.27. The van der Waals surface area contributed by atoms with Gasteiger partial charge in [-0.3, -0.25) is 14.3 Å². The summed E-state index contributed by atoms with van der Waals surface area (Å²) in [5.74, 6) is -0.771. The summed E-state index contributed by atoms with van der Waals surface area (Å²) in [7, 11) is 2.99. The molecule has 3 atom stereocenters. The van der Waals surface area contributed by atoms with Crippen LogP contribution in [0, 0.1) is 11.7 Å². The SMILES string of the molecule is COc1cc2c(C(C)=O)nn(CC(=O)N3[C@@H]4C[C@@H]4C[C@H]3C(=O)O)c2cc1OC.NCc1cccc(Cl)c1F. The number of nitrogens with zero attached hydrogens (tertiary/aromatic N) is 3. The van der Waals surface area contributed by atoms with Crippen LogP contribution >= 0.6 is 11.6 Å². The van der Waals surface area contributed by atoms with Crippen molar-refractivity contribution < 1.29 is 33.4 Å². The Morgan fingerprint density at radius 3 is 2.45 bits per heavy atom. The van der Waals surface area contributed by atoms with Crippen molar-refractivity contribution in [2.75, 3.05) is 14.2 Å². The van der Waals surface area contributed by atoms with E-state index in [0.29, 0.717) is 34.4 Å². The Labute approximate surface area is 223 Å². The maximum atomic E-state index is 12.9. The van der Waals surface area contributed by atoms with Gasteiger partial charge in [0.05, 0.1) is 24.8 Å². The maximum Gasteiger partial charge on any atom is 0.326 e. The molecule has 2 aromatic carbocycles. The van der Waals surface area contributed by atoms with Gasteiger partial charge in [0.25, 0.3) is 0 Å². The van der Waals surface area contributed by atoms with Crippen LogP contribution < -0.4 is 15.2 Å². The summed E-state index contributed by atoms with van der Waals surface area (Å²) in [4.78, 5) is 37.9. The van der Waals surface area contributed by atoms with E-state index >= 15 is 0 Å². The first kappa shape index (κ1) is 27.3. The van der Waals surface area contributed by atoms with Crippen LogP contribution in [0.1, 0.15) is 35.8 Å². The zero-order chi connectivity index (χ0) is 27.7. The van der Waals surface area contributed by atoms with E-state index in [4.69, 9.17) is 26.8 Å². The molecule has 1 aliphatic heterocycles. The number of carbonyl (C=O) groups is 3. The molecule has 1 aromatic heterocycles. The Morgan fingerprint density at radius 2 is 1.87 bits per heavy atom. The molecule has 2 heterocycles. The normalized spacial score (nSPS) is 19.4. The van der Waals surface area contributed by atoms with E-state index in [2.05, 4.69) is 5.10 Å². The molecule has 0 spiro atoms. The fourth-order valence-electron chi connectivity index (χ4n) is 4.83. The highest BCUT2D eigenvalue weighted by Crippen LogP contribution is 2.48. The molecule has 1 saturated carbocycles. The number of ether oxygens (including phenoxy) is 2. The lowest BCUT2D eigenvalue weighted by Crippen LogP contribution is -2.44. The van der Waals surface area contributed by atoms with Crippen LogP contribution in [0.5, 0.6) is 11.5 Å². The van der Waals surface area contributed by atoms with Gasteiger partial charge in [0.15, 0.2) is 17.3 Å². The van der Waals surface area contributed by atoms with Crippen LogP contribution in [0.4, 0.5) is 4.39 Å². The number of aliphatic carboxylic acids is 1. The number of halogens is 2. The van der Waals surface area contributed by atoms with Gasteiger partial charge in [0.1, 0.15) is 24.1 Å². The Kier molecular flexibility index (Phi) is 7.89. The van der Waals surface area contributed by atoms with Crippen LogP contribution in [0.2, 0.25) is 5.02 Å². The van der Waals surface area contributed by atoms with Gasteiger partial charge in [0, 0.05) is 36.5 Å². The van der Waals surface area contributed by atoms with E-state index in [1.807, 2.05) is 0 Å². The van der Waals surface area contributed by atoms with E-state index in [0.717, 1.165) is 6.42 Å². The molecule has 10 nitrogen and oxygen atoms in total. The van der Waals surface area contributed by atoms with E-state index in [1.165, 1.54) is 36.8 Å². The molecule has 2 fully saturated rings. The molecule has 38 heavy (non-hydrogen) atoms. The molecule has 1 saturated heterocycles. The number of carboxylic acids is 1. The number of hydrogen-bond donors (Lipinski definition) is 2. The molecule has 0 unspecified atom stereocenters. The van der Waals surface area contributed by atoms with Gasteiger partial charge in [-0.25, -0.2) is 9.18 Å². The number of nitrogens with two attached hydrogens (primary N) is 1. The number of carbonyl (C=O) groups excluding carboxylic acids is 2. The van der Waals surface area contributed by atoms with E-state index in [1.54, 1.807) is 24.3 Å². The summed E-state index contributed by atoms with van der Waals surface area (Å²) in [5.41, 5.74) is 6.45. The zero-order valence-electron chi connectivity index (χ0n) is 21.1.